The van der Waals surface area contributed by atoms with Gasteiger partial charge in [-0.05, 0) is 80.6 Å². The van der Waals surface area contributed by atoms with Crippen molar-refractivity contribution < 1.29 is 29.1 Å². The summed E-state index contributed by atoms with van der Waals surface area (Å²) in [4.78, 5) is 63.7. The average molecular weight is 595 g/mol. The number of carboxylic acids is 1. The number of carbonyl (C=O) groups is 5. The van der Waals surface area contributed by atoms with Crippen LogP contribution < -0.4 is 15.5 Å². The van der Waals surface area contributed by atoms with Crippen molar-refractivity contribution in [1.29, 1.82) is 0 Å². The van der Waals surface area contributed by atoms with Crippen LogP contribution in [0.1, 0.15) is 36.8 Å². The molecule has 3 aliphatic rings. The molecule has 3 heterocycles. The number of nitrogens with one attached hydrogen (secondary N) is 2. The maximum absolute atomic E-state index is 11.2. The topological polar surface area (TPSA) is 152 Å². The van der Waals surface area contributed by atoms with Gasteiger partial charge in [0.05, 0.1) is 5.57 Å². The van der Waals surface area contributed by atoms with Crippen molar-refractivity contribution >= 4 is 42.5 Å². The summed E-state index contributed by atoms with van der Waals surface area (Å²) in [6.45, 7) is 11.2. The molecule has 4 rings (SSSR count). The fourth-order valence-corrected chi connectivity index (χ4v) is 5.12. The molecule has 0 radical (unpaired) electrons. The maximum atomic E-state index is 11.2. The van der Waals surface area contributed by atoms with Crippen LogP contribution in [0.4, 0.5) is 5.69 Å². The van der Waals surface area contributed by atoms with E-state index in [1.54, 1.807) is 12.2 Å². The number of benzene rings is 1. The van der Waals surface area contributed by atoms with Crippen molar-refractivity contribution in [1.82, 2.24) is 20.4 Å². The molecule has 0 aromatic heterocycles. The van der Waals surface area contributed by atoms with Crippen LogP contribution in [0.5, 0.6) is 0 Å². The normalized spacial score (nSPS) is 23.5. The zero-order valence-electron chi connectivity index (χ0n) is 24.9. The number of nitrogens with zero attached hydrogens (tertiary/aromatic N) is 4. The fourth-order valence-electron chi connectivity index (χ4n) is 5.12. The van der Waals surface area contributed by atoms with Gasteiger partial charge in [0, 0.05) is 64.1 Å². The van der Waals surface area contributed by atoms with Gasteiger partial charge in [-0.25, -0.2) is 4.79 Å². The minimum absolute atomic E-state index is 0.147. The number of aliphatic imine (C=N–C) groups is 1. The molecule has 3 N–H and O–H groups in total. The van der Waals surface area contributed by atoms with Crippen LogP contribution in [0.2, 0.25) is 0 Å². The van der Waals surface area contributed by atoms with Crippen LogP contribution in [0, 0.1) is 19.8 Å². The zero-order chi connectivity index (χ0) is 31.2. The Kier molecular flexibility index (Phi) is 13.1. The van der Waals surface area contributed by atoms with E-state index in [1.807, 2.05) is 11.5 Å². The number of piperidine rings is 1. The Balaban J connectivity index is 0.000000326. The number of carbonyl (C=O) groups excluding carboxylic acids is 4. The lowest BCUT2D eigenvalue weighted by Gasteiger charge is -2.38. The predicted octanol–water partition coefficient (Wildman–Crippen LogP) is 1.43. The first-order valence-electron chi connectivity index (χ1n) is 14.6. The third-order valence-electron chi connectivity index (χ3n) is 7.89. The number of allylic oxidation sites excluding steroid dienone is 2. The largest absolute Gasteiger partial charge is 0.478 e. The average Bonchev–Trinajstić information content (AvgIpc) is 2.98. The number of aryl methyl sites for hydroxylation is 2. The molecule has 0 bridgehead atoms. The summed E-state index contributed by atoms with van der Waals surface area (Å²) in [6.07, 6.45) is 9.56. The molecule has 0 spiro atoms. The van der Waals surface area contributed by atoms with Crippen LogP contribution in [-0.2, 0) is 24.0 Å². The van der Waals surface area contributed by atoms with E-state index in [0.29, 0.717) is 17.4 Å². The highest BCUT2D eigenvalue weighted by molar-refractivity contribution is 6.08. The minimum Gasteiger partial charge on any atom is -0.478 e. The number of amides is 4. The Morgan fingerprint density at radius 3 is 2.47 bits per heavy atom. The van der Waals surface area contributed by atoms with Gasteiger partial charge in [-0.2, -0.15) is 0 Å². The Hall–Kier alpha value is -4.32. The summed E-state index contributed by atoms with van der Waals surface area (Å²) in [5.41, 5.74) is 4.24. The van der Waals surface area contributed by atoms with Gasteiger partial charge < -0.3 is 15.3 Å². The van der Waals surface area contributed by atoms with Crippen LogP contribution >= 0.6 is 0 Å². The Bertz CT molecular complexity index is 1230. The van der Waals surface area contributed by atoms with Crippen molar-refractivity contribution in [3.8, 4) is 0 Å². The molecule has 2 unspecified atom stereocenters. The SMILES string of the molecule is Cc1ccc(N2CCN(CC3CCN=C/C(C(=O)O)=C\C=C\NCC3)CC2)cc1C.O=CN(C=O)C1CCC(=O)NC1=O. The molecule has 0 aliphatic carbocycles. The van der Waals surface area contributed by atoms with E-state index in [-0.39, 0.29) is 37.1 Å². The first-order valence-corrected chi connectivity index (χ1v) is 14.6. The first kappa shape index (κ1) is 33.2. The van der Waals surface area contributed by atoms with Gasteiger partial charge >= 0.3 is 5.97 Å². The monoisotopic (exact) mass is 594 g/mol. The van der Waals surface area contributed by atoms with Gasteiger partial charge in [-0.15, -0.1) is 0 Å². The summed E-state index contributed by atoms with van der Waals surface area (Å²) in [5, 5.41) is 14.5. The molecular weight excluding hydrogens is 552 g/mol. The fraction of sp³-hybridized carbons (Fsp3) is 0.484. The van der Waals surface area contributed by atoms with E-state index < -0.39 is 17.9 Å². The number of hydrogen-bond acceptors (Lipinski definition) is 9. The lowest BCUT2D eigenvalue weighted by Crippen LogP contribution is -2.51. The Morgan fingerprint density at radius 1 is 1.07 bits per heavy atom. The molecule has 3 aliphatic heterocycles. The molecule has 1 aromatic carbocycles. The summed E-state index contributed by atoms with van der Waals surface area (Å²) < 4.78 is 0. The van der Waals surface area contributed by atoms with Crippen molar-refractivity contribution in [3.63, 3.8) is 0 Å². The van der Waals surface area contributed by atoms with Crippen LogP contribution in [-0.4, -0.2) is 104 Å². The highest BCUT2D eigenvalue weighted by atomic mass is 16.4. The van der Waals surface area contributed by atoms with Crippen LogP contribution in [0.25, 0.3) is 0 Å². The molecule has 2 atom stereocenters. The summed E-state index contributed by atoms with van der Waals surface area (Å²) in [6, 6.07) is 5.92. The molecular formula is C31H42N6O6. The third-order valence-corrected chi connectivity index (χ3v) is 7.89. The molecule has 0 saturated carbocycles. The van der Waals surface area contributed by atoms with Crippen LogP contribution in [0.15, 0.2) is 47.1 Å². The number of imide groups is 2. The van der Waals surface area contributed by atoms with Crippen molar-refractivity contribution in [3.05, 3.63) is 53.3 Å². The minimum atomic E-state index is -0.946. The number of hydrogen-bond donors (Lipinski definition) is 3. The van der Waals surface area contributed by atoms with E-state index in [1.165, 1.54) is 23.0 Å². The lowest BCUT2D eigenvalue weighted by atomic mass is 10.00. The third kappa shape index (κ3) is 10.5. The molecule has 12 nitrogen and oxygen atoms in total. The van der Waals surface area contributed by atoms with Gasteiger partial charge in [0.15, 0.2) is 0 Å². The molecule has 12 heteroatoms. The maximum Gasteiger partial charge on any atom is 0.337 e. The van der Waals surface area contributed by atoms with E-state index in [9.17, 15) is 29.1 Å². The standard InChI is InChI=1S/C24H34N4O2.C7H8N2O4/c1-19-5-6-23(16-20(19)2)28-14-12-27(13-15-28)18-21-7-10-25-9-3-4-22(24(29)30)17-26-11-8-21;10-3-9(4-11)5-1-2-6(12)8-7(5)13/h3-6,9,16-17,21,25H,7-8,10-15,18H2,1-2H3,(H,29,30);3-5H,1-2H2,(H,8,12,13)/b9-3+,22-4+,26-17?;. The second-order valence-electron chi connectivity index (χ2n) is 10.9. The molecule has 43 heavy (non-hydrogen) atoms. The van der Waals surface area contributed by atoms with Gasteiger partial charge in [-0.3, -0.25) is 39.3 Å². The van der Waals surface area contributed by atoms with Crippen molar-refractivity contribution in [2.24, 2.45) is 10.9 Å². The quantitative estimate of drug-likeness (QED) is 0.315. The zero-order valence-corrected chi connectivity index (χ0v) is 24.9. The van der Waals surface area contributed by atoms with Crippen molar-refractivity contribution in [2.75, 3.05) is 50.7 Å². The molecule has 232 valence electrons. The van der Waals surface area contributed by atoms with Gasteiger partial charge in [0.2, 0.25) is 24.6 Å². The lowest BCUT2D eigenvalue weighted by molar-refractivity contribution is -0.145. The number of piperazine rings is 1. The van der Waals surface area contributed by atoms with Gasteiger partial charge in [-0.1, -0.05) is 6.07 Å². The Morgan fingerprint density at radius 2 is 1.81 bits per heavy atom. The smallest absolute Gasteiger partial charge is 0.337 e. The summed E-state index contributed by atoms with van der Waals surface area (Å²) >= 11 is 0. The van der Waals surface area contributed by atoms with Crippen molar-refractivity contribution in [2.45, 2.75) is 45.6 Å². The number of aliphatic carboxylic acids is 1. The molecule has 4 amide bonds. The van der Waals surface area contributed by atoms with Gasteiger partial charge in [0.1, 0.15) is 6.04 Å². The summed E-state index contributed by atoms with van der Waals surface area (Å²) in [7, 11) is 0. The highest BCUT2D eigenvalue weighted by Crippen LogP contribution is 2.21. The highest BCUT2D eigenvalue weighted by Gasteiger charge is 2.30. The van der Waals surface area contributed by atoms with E-state index >= 15 is 0 Å². The molecule has 2 fully saturated rings. The summed E-state index contributed by atoms with van der Waals surface area (Å²) in [5.74, 6) is -1.37. The molecule has 1 aromatic rings. The predicted molar refractivity (Wildman–Crippen MR) is 164 cm³/mol. The number of anilines is 1. The Labute approximate surface area is 252 Å². The number of carboxylic acid groups (broad SMARTS) is 1. The first-order chi connectivity index (χ1) is 20.7. The van der Waals surface area contributed by atoms with Crippen LogP contribution in [0.3, 0.4) is 0 Å². The van der Waals surface area contributed by atoms with Gasteiger partial charge in [0.25, 0.3) is 0 Å². The molecule has 2 saturated heterocycles. The number of rotatable bonds is 7. The second kappa shape index (κ2) is 17.0. The second-order valence-corrected chi connectivity index (χ2v) is 10.9. The van der Waals surface area contributed by atoms with E-state index in [0.717, 1.165) is 52.1 Å². The van der Waals surface area contributed by atoms with E-state index in [4.69, 9.17) is 0 Å². The van der Waals surface area contributed by atoms with E-state index in [2.05, 4.69) is 52.2 Å².